The average molecular weight is 268 g/mol. The molecule has 0 heterocycles. The summed E-state index contributed by atoms with van der Waals surface area (Å²) in [5, 5.41) is 9.13. The molecule has 1 N–H and O–H groups in total. The molecule has 2 rings (SSSR count). The zero-order valence-corrected chi connectivity index (χ0v) is 12.1. The van der Waals surface area contributed by atoms with Crippen molar-refractivity contribution in [3.63, 3.8) is 0 Å². The Morgan fingerprint density at radius 1 is 1.26 bits per heavy atom. The smallest absolute Gasteiger partial charge is 0.306 e. The minimum Gasteiger partial charge on any atom is -0.481 e. The van der Waals surface area contributed by atoms with Crippen molar-refractivity contribution in [3.8, 4) is 0 Å². The topological polar surface area (TPSA) is 63.6 Å². The SMILES string of the molecule is CC(C)(C)OC(=O)C[C@@]1(CC(=O)O)C[C@H]2CCC[C@H]21. The summed E-state index contributed by atoms with van der Waals surface area (Å²) in [5.74, 6) is 0.00548. The van der Waals surface area contributed by atoms with Gasteiger partial charge in [0.25, 0.3) is 0 Å². The van der Waals surface area contributed by atoms with E-state index in [2.05, 4.69) is 0 Å². The van der Waals surface area contributed by atoms with Gasteiger partial charge in [-0.25, -0.2) is 0 Å². The number of carboxylic acids is 1. The van der Waals surface area contributed by atoms with Crippen LogP contribution in [-0.2, 0) is 14.3 Å². The molecule has 0 saturated heterocycles. The van der Waals surface area contributed by atoms with Crippen molar-refractivity contribution in [2.75, 3.05) is 0 Å². The van der Waals surface area contributed by atoms with Crippen molar-refractivity contribution < 1.29 is 19.4 Å². The van der Waals surface area contributed by atoms with Crippen molar-refractivity contribution in [1.82, 2.24) is 0 Å². The lowest BCUT2D eigenvalue weighted by Gasteiger charge is -2.52. The van der Waals surface area contributed by atoms with Gasteiger partial charge < -0.3 is 9.84 Å². The van der Waals surface area contributed by atoms with Gasteiger partial charge in [-0.1, -0.05) is 12.8 Å². The van der Waals surface area contributed by atoms with E-state index in [1.807, 2.05) is 20.8 Å². The van der Waals surface area contributed by atoms with Gasteiger partial charge in [-0.2, -0.15) is 0 Å². The maximum atomic E-state index is 12.0. The van der Waals surface area contributed by atoms with Crippen molar-refractivity contribution in [2.45, 2.75) is 64.9 Å². The van der Waals surface area contributed by atoms with Gasteiger partial charge in [0.15, 0.2) is 0 Å². The first-order valence-corrected chi connectivity index (χ1v) is 7.15. The number of esters is 1. The molecule has 19 heavy (non-hydrogen) atoms. The second-order valence-electron chi connectivity index (χ2n) is 7.20. The van der Waals surface area contributed by atoms with Crippen LogP contribution in [0.1, 0.15) is 59.3 Å². The predicted octanol–water partition coefficient (Wildman–Crippen LogP) is 3.00. The first-order chi connectivity index (χ1) is 8.72. The van der Waals surface area contributed by atoms with Crippen LogP contribution in [0.25, 0.3) is 0 Å². The van der Waals surface area contributed by atoms with Gasteiger partial charge in [0.05, 0.1) is 12.8 Å². The summed E-state index contributed by atoms with van der Waals surface area (Å²) >= 11 is 0. The van der Waals surface area contributed by atoms with Crippen LogP contribution in [0.5, 0.6) is 0 Å². The second kappa shape index (κ2) is 4.80. The molecule has 0 aromatic rings. The van der Waals surface area contributed by atoms with Crippen LogP contribution in [-0.4, -0.2) is 22.6 Å². The monoisotopic (exact) mass is 268 g/mol. The molecule has 0 bridgehead atoms. The molecular formula is C15H24O4. The number of carbonyl (C=O) groups is 2. The molecule has 2 aliphatic carbocycles. The van der Waals surface area contributed by atoms with Crippen LogP contribution >= 0.6 is 0 Å². The lowest BCUT2D eigenvalue weighted by atomic mass is 9.52. The van der Waals surface area contributed by atoms with Gasteiger partial charge in [-0.15, -0.1) is 0 Å². The highest BCUT2D eigenvalue weighted by Gasteiger charge is 2.57. The van der Waals surface area contributed by atoms with Crippen LogP contribution < -0.4 is 0 Å². The fourth-order valence-corrected chi connectivity index (χ4v) is 4.04. The number of fused-ring (bicyclic) bond motifs is 1. The van der Waals surface area contributed by atoms with Crippen LogP contribution in [0.2, 0.25) is 0 Å². The van der Waals surface area contributed by atoms with E-state index in [4.69, 9.17) is 9.84 Å². The summed E-state index contributed by atoms with van der Waals surface area (Å²) in [7, 11) is 0. The fraction of sp³-hybridized carbons (Fsp3) is 0.867. The Bertz CT molecular complexity index is 382. The molecule has 0 aromatic carbocycles. The van der Waals surface area contributed by atoms with Crippen molar-refractivity contribution in [3.05, 3.63) is 0 Å². The molecule has 0 spiro atoms. The Kier molecular flexibility index (Phi) is 3.63. The van der Waals surface area contributed by atoms with Crippen LogP contribution in [0.4, 0.5) is 0 Å². The molecule has 2 saturated carbocycles. The van der Waals surface area contributed by atoms with Crippen molar-refractivity contribution in [2.24, 2.45) is 17.3 Å². The number of aliphatic carboxylic acids is 1. The van der Waals surface area contributed by atoms with Crippen LogP contribution in [0, 0.1) is 17.3 Å². The lowest BCUT2D eigenvalue weighted by Crippen LogP contribution is -2.48. The Morgan fingerprint density at radius 2 is 1.95 bits per heavy atom. The molecule has 4 heteroatoms. The summed E-state index contributed by atoms with van der Waals surface area (Å²) < 4.78 is 5.37. The summed E-state index contributed by atoms with van der Waals surface area (Å²) in [6.45, 7) is 5.52. The molecule has 0 aromatic heterocycles. The highest BCUT2D eigenvalue weighted by atomic mass is 16.6. The first-order valence-electron chi connectivity index (χ1n) is 7.15. The summed E-state index contributed by atoms with van der Waals surface area (Å²) in [6, 6.07) is 0. The van der Waals surface area contributed by atoms with Gasteiger partial charge in [0, 0.05) is 0 Å². The molecule has 0 aliphatic heterocycles. The second-order valence-corrected chi connectivity index (χ2v) is 7.20. The first kappa shape index (κ1) is 14.4. The summed E-state index contributed by atoms with van der Waals surface area (Å²) in [4.78, 5) is 23.1. The van der Waals surface area contributed by atoms with Crippen molar-refractivity contribution in [1.29, 1.82) is 0 Å². The fourth-order valence-electron chi connectivity index (χ4n) is 4.04. The van der Waals surface area contributed by atoms with Gasteiger partial charge >= 0.3 is 11.9 Å². The van der Waals surface area contributed by atoms with Crippen LogP contribution in [0.3, 0.4) is 0 Å². The third-order valence-corrected chi connectivity index (χ3v) is 4.53. The number of carboxylic acid groups (broad SMARTS) is 1. The Hall–Kier alpha value is -1.06. The number of hydrogen-bond donors (Lipinski definition) is 1. The molecule has 0 unspecified atom stereocenters. The molecular weight excluding hydrogens is 244 g/mol. The number of ether oxygens (including phenoxy) is 1. The molecule has 2 aliphatic rings. The number of hydrogen-bond acceptors (Lipinski definition) is 3. The van der Waals surface area contributed by atoms with E-state index in [0.29, 0.717) is 11.8 Å². The van der Waals surface area contributed by atoms with Crippen molar-refractivity contribution >= 4 is 11.9 Å². The largest absolute Gasteiger partial charge is 0.481 e. The third-order valence-electron chi connectivity index (χ3n) is 4.53. The maximum Gasteiger partial charge on any atom is 0.306 e. The van der Waals surface area contributed by atoms with E-state index in [9.17, 15) is 9.59 Å². The highest BCUT2D eigenvalue weighted by molar-refractivity contribution is 5.74. The van der Waals surface area contributed by atoms with Gasteiger partial charge in [0.1, 0.15) is 5.60 Å². The van der Waals surface area contributed by atoms with E-state index in [1.165, 1.54) is 12.8 Å². The van der Waals surface area contributed by atoms with Gasteiger partial charge in [-0.3, -0.25) is 9.59 Å². The number of rotatable bonds is 4. The molecule has 3 atom stereocenters. The molecule has 4 nitrogen and oxygen atoms in total. The van der Waals surface area contributed by atoms with Crippen LogP contribution in [0.15, 0.2) is 0 Å². The summed E-state index contributed by atoms with van der Waals surface area (Å²) in [5.41, 5.74) is -0.838. The van der Waals surface area contributed by atoms with E-state index in [1.54, 1.807) is 0 Å². The number of carbonyl (C=O) groups excluding carboxylic acids is 1. The standard InChI is InChI=1S/C15H24O4/c1-14(2,3)19-13(18)9-15(8-12(16)17)7-10-5-4-6-11(10)15/h10-11H,4-9H2,1-3H3,(H,16,17)/t10-,11-,15+/m1/s1. The minimum atomic E-state index is -0.797. The quantitative estimate of drug-likeness (QED) is 0.796. The molecule has 0 amide bonds. The zero-order chi connectivity index (χ0) is 14.3. The highest BCUT2D eigenvalue weighted by Crippen LogP contribution is 2.62. The van der Waals surface area contributed by atoms with Gasteiger partial charge in [-0.05, 0) is 50.9 Å². The summed E-state index contributed by atoms with van der Waals surface area (Å²) in [6.07, 6.45) is 4.68. The zero-order valence-electron chi connectivity index (χ0n) is 12.1. The lowest BCUT2D eigenvalue weighted by molar-refractivity contribution is -0.166. The molecule has 0 radical (unpaired) electrons. The Labute approximate surface area is 114 Å². The van der Waals surface area contributed by atoms with E-state index in [-0.39, 0.29) is 24.2 Å². The maximum absolute atomic E-state index is 12.0. The van der Waals surface area contributed by atoms with Gasteiger partial charge in [0.2, 0.25) is 0 Å². The Balaban J connectivity index is 2.03. The average Bonchev–Trinajstić information content (AvgIpc) is 2.55. The normalized spacial score (nSPS) is 33.4. The third kappa shape index (κ3) is 3.10. The molecule has 2 fully saturated rings. The van der Waals surface area contributed by atoms with E-state index >= 15 is 0 Å². The minimum absolute atomic E-state index is 0.105. The predicted molar refractivity (Wildman–Crippen MR) is 70.6 cm³/mol. The molecule has 108 valence electrons. The van der Waals surface area contributed by atoms with E-state index < -0.39 is 11.6 Å². The van der Waals surface area contributed by atoms with E-state index in [0.717, 1.165) is 12.8 Å². The Morgan fingerprint density at radius 3 is 2.47 bits per heavy atom.